The Labute approximate surface area is 74.9 Å². The second-order valence-electron chi connectivity index (χ2n) is 2.55. The van der Waals surface area contributed by atoms with Crippen molar-refractivity contribution in [2.45, 2.75) is 13.1 Å². The fraction of sp³-hybridized carbons (Fsp3) is 0.857. The van der Waals surface area contributed by atoms with Crippen molar-refractivity contribution in [3.63, 3.8) is 0 Å². The number of hydrogen-bond acceptors (Lipinski definition) is 2. The normalized spacial score (nSPS) is 11.5. The summed E-state index contributed by atoms with van der Waals surface area (Å²) in [5.74, 6) is -0.540. The molecule has 0 aliphatic rings. The van der Waals surface area contributed by atoms with Crippen LogP contribution in [0.1, 0.15) is 6.92 Å². The van der Waals surface area contributed by atoms with Gasteiger partial charge < -0.3 is 10.2 Å². The number of likely N-dealkylation sites (N-methyl/N-ethyl adjacent to an activating group) is 2. The van der Waals surface area contributed by atoms with Gasteiger partial charge in [0.25, 0.3) is 0 Å². The molecule has 0 saturated carbocycles. The third-order valence-corrected chi connectivity index (χ3v) is 1.43. The van der Waals surface area contributed by atoms with Crippen molar-refractivity contribution < 1.29 is 18.0 Å². The average Bonchev–Trinajstić information content (AvgIpc) is 1.99. The molecule has 3 nitrogen and oxygen atoms in total. The molecule has 0 rings (SSSR count). The van der Waals surface area contributed by atoms with Gasteiger partial charge in [-0.25, -0.2) is 0 Å². The third-order valence-electron chi connectivity index (χ3n) is 1.43. The second-order valence-corrected chi connectivity index (χ2v) is 2.55. The van der Waals surface area contributed by atoms with Crippen molar-refractivity contribution in [1.82, 2.24) is 10.2 Å². The molecule has 0 unspecified atom stereocenters. The van der Waals surface area contributed by atoms with E-state index in [9.17, 15) is 18.0 Å². The second kappa shape index (κ2) is 5.06. The zero-order chi connectivity index (χ0) is 10.5. The fourth-order valence-corrected chi connectivity index (χ4v) is 0.856. The predicted molar refractivity (Wildman–Crippen MR) is 42.2 cm³/mol. The molecule has 0 fully saturated rings. The number of carbonyl (C=O) groups is 1. The van der Waals surface area contributed by atoms with Gasteiger partial charge in [0, 0.05) is 6.54 Å². The topological polar surface area (TPSA) is 32.3 Å². The van der Waals surface area contributed by atoms with Gasteiger partial charge in [0.2, 0.25) is 5.91 Å². The molecule has 78 valence electrons. The number of nitrogens with zero attached hydrogens (tertiary/aromatic N) is 1. The van der Waals surface area contributed by atoms with Crippen LogP contribution in [-0.2, 0) is 4.79 Å². The van der Waals surface area contributed by atoms with Gasteiger partial charge in [-0.05, 0) is 14.0 Å². The Morgan fingerprint density at radius 1 is 1.46 bits per heavy atom. The summed E-state index contributed by atoms with van der Waals surface area (Å²) < 4.78 is 35.6. The van der Waals surface area contributed by atoms with Crippen LogP contribution in [0.5, 0.6) is 0 Å². The highest BCUT2D eigenvalue weighted by molar-refractivity contribution is 5.78. The van der Waals surface area contributed by atoms with E-state index in [0.717, 1.165) is 4.90 Å². The van der Waals surface area contributed by atoms with Crippen LogP contribution in [-0.4, -0.2) is 43.7 Å². The predicted octanol–water partition coefficient (Wildman–Crippen LogP) is 0.617. The first-order chi connectivity index (χ1) is 5.90. The first-order valence-corrected chi connectivity index (χ1v) is 3.89. The summed E-state index contributed by atoms with van der Waals surface area (Å²) in [6.45, 7) is 0.341. The quantitative estimate of drug-likeness (QED) is 0.718. The number of amides is 1. The molecule has 0 radical (unpaired) electrons. The lowest BCUT2D eigenvalue weighted by molar-refractivity contribution is -0.160. The summed E-state index contributed by atoms with van der Waals surface area (Å²) in [5, 5.41) is 2.51. The molecule has 6 heteroatoms. The highest BCUT2D eigenvalue weighted by Gasteiger charge is 2.31. The molecule has 0 aliphatic heterocycles. The van der Waals surface area contributed by atoms with Crippen LogP contribution in [0.3, 0.4) is 0 Å². The molecule has 0 atom stereocenters. The van der Waals surface area contributed by atoms with Gasteiger partial charge in [0.1, 0.15) is 6.54 Å². The van der Waals surface area contributed by atoms with Crippen molar-refractivity contribution in [2.24, 2.45) is 0 Å². The Morgan fingerprint density at radius 3 is 2.31 bits per heavy atom. The number of rotatable bonds is 4. The van der Waals surface area contributed by atoms with Gasteiger partial charge in [-0.15, -0.1) is 0 Å². The van der Waals surface area contributed by atoms with Crippen LogP contribution in [0.4, 0.5) is 13.2 Å². The highest BCUT2D eigenvalue weighted by atomic mass is 19.4. The van der Waals surface area contributed by atoms with E-state index in [1.54, 1.807) is 0 Å². The van der Waals surface area contributed by atoms with Crippen molar-refractivity contribution >= 4 is 5.91 Å². The minimum absolute atomic E-state index is 0.0656. The Bertz CT molecular complexity index is 170. The summed E-state index contributed by atoms with van der Waals surface area (Å²) >= 11 is 0. The van der Waals surface area contributed by atoms with Crippen LogP contribution < -0.4 is 5.32 Å². The van der Waals surface area contributed by atoms with E-state index < -0.39 is 18.6 Å². The molecule has 1 amide bonds. The Balaban J connectivity index is 4.10. The molecular formula is C7H13F3N2O. The monoisotopic (exact) mass is 198 g/mol. The standard InChI is InChI=1S/C7H13F3N2O/c1-3-12(5-7(8,9)10)6(13)4-11-2/h11H,3-5H2,1-2H3. The molecule has 0 aromatic carbocycles. The summed E-state index contributed by atoms with van der Waals surface area (Å²) in [6.07, 6.45) is -4.32. The summed E-state index contributed by atoms with van der Waals surface area (Å²) in [5.41, 5.74) is 0. The largest absolute Gasteiger partial charge is 0.406 e. The van der Waals surface area contributed by atoms with E-state index in [0.29, 0.717) is 0 Å². The minimum atomic E-state index is -4.32. The van der Waals surface area contributed by atoms with Gasteiger partial charge in [0.15, 0.2) is 0 Å². The lowest BCUT2D eigenvalue weighted by Gasteiger charge is -2.21. The van der Waals surface area contributed by atoms with Crippen LogP contribution in [0.25, 0.3) is 0 Å². The van der Waals surface area contributed by atoms with Gasteiger partial charge >= 0.3 is 6.18 Å². The molecule has 13 heavy (non-hydrogen) atoms. The van der Waals surface area contributed by atoms with E-state index in [-0.39, 0.29) is 13.1 Å². The molecule has 0 spiro atoms. The number of carbonyl (C=O) groups excluding carboxylic acids is 1. The highest BCUT2D eigenvalue weighted by Crippen LogP contribution is 2.16. The number of halogens is 3. The molecule has 1 N–H and O–H groups in total. The first-order valence-electron chi connectivity index (χ1n) is 3.89. The van der Waals surface area contributed by atoms with Crippen LogP contribution >= 0.6 is 0 Å². The van der Waals surface area contributed by atoms with Gasteiger partial charge in [-0.2, -0.15) is 13.2 Å². The van der Waals surface area contributed by atoms with E-state index in [2.05, 4.69) is 5.32 Å². The van der Waals surface area contributed by atoms with Gasteiger partial charge in [0.05, 0.1) is 6.54 Å². The molecular weight excluding hydrogens is 185 g/mol. The lowest BCUT2D eigenvalue weighted by atomic mass is 10.4. The average molecular weight is 198 g/mol. The molecule has 0 heterocycles. The molecule has 0 bridgehead atoms. The molecule has 0 aliphatic carbocycles. The Morgan fingerprint density at radius 2 is 2.00 bits per heavy atom. The lowest BCUT2D eigenvalue weighted by Crippen LogP contribution is -2.42. The van der Waals surface area contributed by atoms with Crippen LogP contribution in [0.2, 0.25) is 0 Å². The molecule has 0 aromatic rings. The number of nitrogens with one attached hydrogen (secondary N) is 1. The van der Waals surface area contributed by atoms with Crippen molar-refractivity contribution in [1.29, 1.82) is 0 Å². The maximum absolute atomic E-state index is 11.9. The van der Waals surface area contributed by atoms with Gasteiger partial charge in [-0.3, -0.25) is 4.79 Å². The van der Waals surface area contributed by atoms with E-state index in [4.69, 9.17) is 0 Å². The Hall–Kier alpha value is -0.780. The minimum Gasteiger partial charge on any atom is -0.333 e. The smallest absolute Gasteiger partial charge is 0.333 e. The SMILES string of the molecule is CCN(CC(F)(F)F)C(=O)CNC. The van der Waals surface area contributed by atoms with Crippen LogP contribution in [0.15, 0.2) is 0 Å². The maximum atomic E-state index is 11.9. The van der Waals surface area contributed by atoms with E-state index in [1.165, 1.54) is 14.0 Å². The zero-order valence-corrected chi connectivity index (χ0v) is 7.61. The zero-order valence-electron chi connectivity index (χ0n) is 7.61. The van der Waals surface area contributed by atoms with E-state index in [1.807, 2.05) is 0 Å². The van der Waals surface area contributed by atoms with Crippen molar-refractivity contribution in [3.05, 3.63) is 0 Å². The van der Waals surface area contributed by atoms with Crippen molar-refractivity contribution in [2.75, 3.05) is 26.7 Å². The number of hydrogen-bond donors (Lipinski definition) is 1. The number of alkyl halides is 3. The third kappa shape index (κ3) is 5.46. The molecule has 0 saturated heterocycles. The summed E-state index contributed by atoms with van der Waals surface area (Å²) in [6, 6.07) is 0. The fourth-order valence-electron chi connectivity index (χ4n) is 0.856. The van der Waals surface area contributed by atoms with E-state index >= 15 is 0 Å². The maximum Gasteiger partial charge on any atom is 0.406 e. The Kier molecular flexibility index (Phi) is 4.76. The summed E-state index contributed by atoms with van der Waals surface area (Å²) in [4.78, 5) is 11.8. The van der Waals surface area contributed by atoms with Crippen molar-refractivity contribution in [3.8, 4) is 0 Å². The van der Waals surface area contributed by atoms with Crippen LogP contribution in [0, 0.1) is 0 Å². The summed E-state index contributed by atoms with van der Waals surface area (Å²) in [7, 11) is 1.51. The van der Waals surface area contributed by atoms with Gasteiger partial charge in [-0.1, -0.05) is 0 Å². The first kappa shape index (κ1) is 12.2. The molecule has 0 aromatic heterocycles.